The highest BCUT2D eigenvalue weighted by Crippen LogP contribution is 2.16. The molecule has 0 unspecified atom stereocenters. The molecule has 1 aromatic carbocycles. The quantitative estimate of drug-likeness (QED) is 0.643. The van der Waals surface area contributed by atoms with Gasteiger partial charge in [0, 0.05) is 0 Å². The lowest BCUT2D eigenvalue weighted by molar-refractivity contribution is -0.120. The Kier molecular flexibility index (Phi) is 4.25. The van der Waals surface area contributed by atoms with Gasteiger partial charge in [-0.05, 0) is 12.5 Å². The largest absolute Gasteiger partial charge is 0.430 e. The van der Waals surface area contributed by atoms with Crippen LogP contribution in [0.3, 0.4) is 0 Å². The predicted octanol–water partition coefficient (Wildman–Crippen LogP) is 2.28. The zero-order chi connectivity index (χ0) is 12.9. The molecule has 1 aromatic rings. The van der Waals surface area contributed by atoms with E-state index in [1.54, 1.807) is 30.3 Å². The van der Waals surface area contributed by atoms with Crippen LogP contribution in [0.4, 0.5) is 13.2 Å². The lowest BCUT2D eigenvalue weighted by Gasteiger charge is -2.05. The minimum atomic E-state index is -4.51. The van der Waals surface area contributed by atoms with E-state index in [2.05, 4.69) is 5.10 Å². The van der Waals surface area contributed by atoms with Crippen molar-refractivity contribution in [2.75, 3.05) is 0 Å². The van der Waals surface area contributed by atoms with Gasteiger partial charge in [-0.25, -0.2) is 5.43 Å². The average molecular weight is 244 g/mol. The van der Waals surface area contributed by atoms with Gasteiger partial charge >= 0.3 is 6.18 Å². The molecule has 92 valence electrons. The third-order valence-corrected chi connectivity index (χ3v) is 1.97. The number of rotatable bonds is 3. The van der Waals surface area contributed by atoms with E-state index >= 15 is 0 Å². The molecule has 1 rings (SSSR count). The van der Waals surface area contributed by atoms with Crippen molar-refractivity contribution in [3.63, 3.8) is 0 Å². The summed E-state index contributed by atoms with van der Waals surface area (Å²) in [6.45, 7) is 0.794. The number of amides is 1. The van der Waals surface area contributed by atoms with Crippen LogP contribution < -0.4 is 5.43 Å². The summed E-state index contributed by atoms with van der Waals surface area (Å²) >= 11 is 0. The molecule has 0 aliphatic rings. The van der Waals surface area contributed by atoms with Crippen LogP contribution in [0.1, 0.15) is 12.5 Å². The first-order chi connectivity index (χ1) is 7.89. The van der Waals surface area contributed by atoms with Gasteiger partial charge in [0.25, 0.3) is 0 Å². The minimum Gasteiger partial charge on any atom is -0.273 e. The molecule has 0 atom stereocenters. The van der Waals surface area contributed by atoms with Crippen molar-refractivity contribution >= 4 is 11.6 Å². The maximum atomic E-state index is 12.0. The fourth-order valence-corrected chi connectivity index (χ4v) is 1.03. The van der Waals surface area contributed by atoms with Gasteiger partial charge in [-0.2, -0.15) is 18.3 Å². The number of nitrogens with zero attached hydrogens (tertiary/aromatic N) is 1. The highest BCUT2D eigenvalue weighted by Gasteiger charge is 2.32. The normalized spacial score (nSPS) is 12.4. The van der Waals surface area contributed by atoms with Gasteiger partial charge in [0.1, 0.15) is 5.71 Å². The molecule has 0 heterocycles. The van der Waals surface area contributed by atoms with Crippen molar-refractivity contribution < 1.29 is 18.0 Å². The maximum Gasteiger partial charge on any atom is 0.430 e. The molecule has 0 fully saturated rings. The monoisotopic (exact) mass is 244 g/mol. The van der Waals surface area contributed by atoms with Crippen LogP contribution in [-0.2, 0) is 11.2 Å². The van der Waals surface area contributed by atoms with Crippen LogP contribution in [0.25, 0.3) is 0 Å². The number of hydrazone groups is 1. The molecule has 17 heavy (non-hydrogen) atoms. The van der Waals surface area contributed by atoms with Crippen LogP contribution in [0.2, 0.25) is 0 Å². The summed E-state index contributed by atoms with van der Waals surface area (Å²) in [7, 11) is 0. The first-order valence-electron chi connectivity index (χ1n) is 4.84. The van der Waals surface area contributed by atoms with Crippen LogP contribution in [0.15, 0.2) is 35.4 Å². The highest BCUT2D eigenvalue weighted by molar-refractivity contribution is 5.89. The molecule has 0 aliphatic carbocycles. The van der Waals surface area contributed by atoms with Crippen LogP contribution in [0.5, 0.6) is 0 Å². The Bertz CT molecular complexity index is 412. The molecule has 0 aliphatic heterocycles. The molecule has 0 aromatic heterocycles. The summed E-state index contributed by atoms with van der Waals surface area (Å²) in [6, 6.07) is 8.69. The Morgan fingerprint density at radius 3 is 2.41 bits per heavy atom. The Hall–Kier alpha value is -1.85. The van der Waals surface area contributed by atoms with Gasteiger partial charge in [0.15, 0.2) is 0 Å². The third kappa shape index (κ3) is 4.67. The Morgan fingerprint density at radius 1 is 1.29 bits per heavy atom. The zero-order valence-electron chi connectivity index (χ0n) is 9.08. The standard InChI is InChI=1S/C11H11F3N2O/c1-8(11(12,13)14)15-16-10(17)7-9-5-3-2-4-6-9/h2-6H,7H2,1H3,(H,16,17)/b15-8-. The lowest BCUT2D eigenvalue weighted by Crippen LogP contribution is -2.26. The van der Waals surface area contributed by atoms with Crippen molar-refractivity contribution in [2.24, 2.45) is 5.10 Å². The molecule has 0 bridgehead atoms. The van der Waals surface area contributed by atoms with Gasteiger partial charge in [-0.3, -0.25) is 4.79 Å². The number of benzene rings is 1. The number of nitrogens with one attached hydrogen (secondary N) is 1. The van der Waals surface area contributed by atoms with E-state index < -0.39 is 17.8 Å². The van der Waals surface area contributed by atoms with Crippen LogP contribution >= 0.6 is 0 Å². The van der Waals surface area contributed by atoms with Gasteiger partial charge in [0.05, 0.1) is 6.42 Å². The van der Waals surface area contributed by atoms with E-state index in [4.69, 9.17) is 0 Å². The molecular formula is C11H11F3N2O. The number of hydrogen-bond donors (Lipinski definition) is 1. The van der Waals surface area contributed by atoms with Crippen molar-refractivity contribution in [3.8, 4) is 0 Å². The van der Waals surface area contributed by atoms with E-state index in [-0.39, 0.29) is 6.42 Å². The molecule has 0 spiro atoms. The van der Waals surface area contributed by atoms with E-state index in [1.165, 1.54) is 0 Å². The first-order valence-corrected chi connectivity index (χ1v) is 4.84. The number of carbonyl (C=O) groups is 1. The number of carbonyl (C=O) groups excluding carboxylic acids is 1. The van der Waals surface area contributed by atoms with E-state index in [0.717, 1.165) is 6.92 Å². The summed E-state index contributed by atoms with van der Waals surface area (Å²) in [5.41, 5.74) is 1.49. The smallest absolute Gasteiger partial charge is 0.273 e. The molecule has 3 nitrogen and oxygen atoms in total. The molecular weight excluding hydrogens is 233 g/mol. The van der Waals surface area contributed by atoms with Crippen molar-refractivity contribution in [3.05, 3.63) is 35.9 Å². The second kappa shape index (κ2) is 5.47. The van der Waals surface area contributed by atoms with Crippen molar-refractivity contribution in [1.29, 1.82) is 0 Å². The summed E-state index contributed by atoms with van der Waals surface area (Å²) < 4.78 is 36.1. The average Bonchev–Trinajstić information content (AvgIpc) is 2.26. The van der Waals surface area contributed by atoms with Gasteiger partial charge < -0.3 is 0 Å². The highest BCUT2D eigenvalue weighted by atomic mass is 19.4. The zero-order valence-corrected chi connectivity index (χ0v) is 9.08. The number of halogens is 3. The second-order valence-corrected chi connectivity index (χ2v) is 3.39. The minimum absolute atomic E-state index is 0.00449. The van der Waals surface area contributed by atoms with E-state index in [0.29, 0.717) is 5.56 Å². The number of alkyl halides is 3. The second-order valence-electron chi connectivity index (χ2n) is 3.39. The first kappa shape index (κ1) is 13.2. The Morgan fingerprint density at radius 2 is 1.88 bits per heavy atom. The fraction of sp³-hybridized carbons (Fsp3) is 0.273. The maximum absolute atomic E-state index is 12.0. The number of hydrogen-bond acceptors (Lipinski definition) is 2. The molecule has 0 saturated heterocycles. The SMILES string of the molecule is C/C(=N/NC(=O)Cc1ccccc1)C(F)(F)F. The van der Waals surface area contributed by atoms with Crippen molar-refractivity contribution in [1.82, 2.24) is 5.43 Å². The molecule has 6 heteroatoms. The summed E-state index contributed by atoms with van der Waals surface area (Å²) in [6.07, 6.45) is -4.52. The van der Waals surface area contributed by atoms with Gasteiger partial charge in [-0.15, -0.1) is 0 Å². The predicted molar refractivity (Wildman–Crippen MR) is 57.5 cm³/mol. The van der Waals surface area contributed by atoms with Gasteiger partial charge in [-0.1, -0.05) is 30.3 Å². The van der Waals surface area contributed by atoms with Crippen LogP contribution in [-0.4, -0.2) is 17.8 Å². The third-order valence-electron chi connectivity index (χ3n) is 1.97. The van der Waals surface area contributed by atoms with E-state index in [9.17, 15) is 18.0 Å². The van der Waals surface area contributed by atoms with Crippen molar-refractivity contribution in [2.45, 2.75) is 19.5 Å². The molecule has 0 radical (unpaired) electrons. The summed E-state index contributed by atoms with van der Waals surface area (Å²) in [5, 5.41) is 2.98. The van der Waals surface area contributed by atoms with Crippen LogP contribution in [0, 0.1) is 0 Å². The summed E-state index contributed by atoms with van der Waals surface area (Å²) in [5.74, 6) is -0.584. The summed E-state index contributed by atoms with van der Waals surface area (Å²) in [4.78, 5) is 11.3. The molecule has 0 saturated carbocycles. The Labute approximate surface area is 96.3 Å². The van der Waals surface area contributed by atoms with Gasteiger partial charge in [0.2, 0.25) is 5.91 Å². The molecule has 1 amide bonds. The lowest BCUT2D eigenvalue weighted by atomic mass is 10.1. The van der Waals surface area contributed by atoms with E-state index in [1.807, 2.05) is 5.43 Å². The Balaban J connectivity index is 2.52. The topological polar surface area (TPSA) is 41.5 Å². The fourth-order valence-electron chi connectivity index (χ4n) is 1.03. The molecule has 1 N–H and O–H groups in total.